The molecule has 1 aliphatic carbocycles. The molecule has 1 unspecified atom stereocenters. The van der Waals surface area contributed by atoms with Crippen molar-refractivity contribution in [3.05, 3.63) is 124 Å². The van der Waals surface area contributed by atoms with Crippen LogP contribution in [-0.4, -0.2) is 19.3 Å². The molecule has 2 aromatic carbocycles. The second-order valence-corrected chi connectivity index (χ2v) is 8.86. The number of halogens is 1. The van der Waals surface area contributed by atoms with E-state index in [2.05, 4.69) is 52.6 Å². The fraction of sp³-hybridized carbons (Fsp3) is 0.0800. The molecule has 0 amide bonds. The van der Waals surface area contributed by atoms with Crippen molar-refractivity contribution in [2.24, 2.45) is 0 Å². The van der Waals surface area contributed by atoms with Gasteiger partial charge in [-0.15, -0.1) is 0 Å². The van der Waals surface area contributed by atoms with Crippen LogP contribution in [0.2, 0.25) is 5.02 Å². The van der Waals surface area contributed by atoms with Crippen LogP contribution in [0.1, 0.15) is 17.9 Å². The molecule has 7 heteroatoms. The van der Waals surface area contributed by atoms with E-state index >= 15 is 0 Å². The van der Waals surface area contributed by atoms with E-state index in [0.717, 1.165) is 11.3 Å². The fourth-order valence-corrected chi connectivity index (χ4v) is 4.74. The quantitative estimate of drug-likeness (QED) is 0.379. The van der Waals surface area contributed by atoms with Crippen LogP contribution >= 0.6 is 23.4 Å². The normalized spacial score (nSPS) is 15.5. The van der Waals surface area contributed by atoms with Gasteiger partial charge in [0, 0.05) is 28.2 Å². The largest absolute Gasteiger partial charge is 0.303 e. The van der Waals surface area contributed by atoms with Gasteiger partial charge in [-0.2, -0.15) is 9.78 Å². The summed E-state index contributed by atoms with van der Waals surface area (Å²) in [6.07, 6.45) is 14.2. The molecule has 0 bridgehead atoms. The van der Waals surface area contributed by atoms with Gasteiger partial charge in [-0.1, -0.05) is 71.9 Å². The predicted octanol–water partition coefficient (Wildman–Crippen LogP) is 5.79. The van der Waals surface area contributed by atoms with Crippen molar-refractivity contribution in [3.63, 3.8) is 0 Å². The van der Waals surface area contributed by atoms with Crippen molar-refractivity contribution in [2.75, 3.05) is 0 Å². The Balaban J connectivity index is 1.50. The van der Waals surface area contributed by atoms with Crippen molar-refractivity contribution in [1.82, 2.24) is 19.3 Å². The molecule has 0 N–H and O–H groups in total. The molecule has 1 aliphatic rings. The zero-order valence-corrected chi connectivity index (χ0v) is 18.6. The first kappa shape index (κ1) is 20.5. The molecule has 0 radical (unpaired) electrons. The maximum absolute atomic E-state index is 13.5. The highest BCUT2D eigenvalue weighted by atomic mass is 35.5. The third-order valence-electron chi connectivity index (χ3n) is 5.28. The summed E-state index contributed by atoms with van der Waals surface area (Å²) in [7, 11) is 0. The van der Waals surface area contributed by atoms with Gasteiger partial charge >= 0.3 is 0 Å². The van der Waals surface area contributed by atoms with E-state index in [1.54, 1.807) is 43.0 Å². The van der Waals surface area contributed by atoms with Crippen LogP contribution in [0.4, 0.5) is 0 Å². The van der Waals surface area contributed by atoms with E-state index in [-0.39, 0.29) is 5.56 Å². The highest BCUT2D eigenvalue weighted by molar-refractivity contribution is 8.03. The average Bonchev–Trinajstić information content (AvgIpc) is 3.37. The predicted molar refractivity (Wildman–Crippen MR) is 129 cm³/mol. The van der Waals surface area contributed by atoms with Crippen molar-refractivity contribution in [3.8, 4) is 11.4 Å². The molecule has 0 saturated carbocycles. The van der Waals surface area contributed by atoms with Crippen molar-refractivity contribution in [1.29, 1.82) is 0 Å². The van der Waals surface area contributed by atoms with Crippen LogP contribution in [-0.2, 0) is 0 Å². The second-order valence-electron chi connectivity index (χ2n) is 7.34. The second kappa shape index (κ2) is 9.02. The van der Waals surface area contributed by atoms with Crippen LogP contribution in [0.25, 0.3) is 11.4 Å². The first-order valence-electron chi connectivity index (χ1n) is 10.2. The number of thioether (sulfide) groups is 1. The van der Waals surface area contributed by atoms with Gasteiger partial charge in [0.15, 0.2) is 0 Å². The molecule has 0 saturated heterocycles. The lowest BCUT2D eigenvalue weighted by Gasteiger charge is -2.17. The number of imidazole rings is 1. The van der Waals surface area contributed by atoms with E-state index in [4.69, 9.17) is 11.6 Å². The summed E-state index contributed by atoms with van der Waals surface area (Å²) in [5, 5.41) is 5.01. The van der Waals surface area contributed by atoms with Gasteiger partial charge in [0.05, 0.1) is 23.9 Å². The smallest absolute Gasteiger partial charge is 0.287 e. The first-order chi connectivity index (χ1) is 15.7. The van der Waals surface area contributed by atoms with Gasteiger partial charge in [0.2, 0.25) is 0 Å². The Kier molecular flexibility index (Phi) is 5.79. The molecule has 4 aromatic rings. The van der Waals surface area contributed by atoms with E-state index in [9.17, 15) is 4.79 Å². The minimum atomic E-state index is -0.192. The molecule has 2 aromatic heterocycles. The first-order valence-corrected chi connectivity index (χ1v) is 11.4. The summed E-state index contributed by atoms with van der Waals surface area (Å²) in [5.41, 5.74) is 2.46. The van der Waals surface area contributed by atoms with Crippen LogP contribution in [0.15, 0.2) is 112 Å². The topological polar surface area (TPSA) is 52.7 Å². The minimum absolute atomic E-state index is 0.192. The van der Waals surface area contributed by atoms with Crippen molar-refractivity contribution in [2.45, 2.75) is 17.2 Å². The lowest BCUT2D eigenvalue weighted by molar-refractivity contribution is 0.766. The molecular weight excluding hydrogens is 440 g/mol. The minimum Gasteiger partial charge on any atom is -0.303 e. The lowest BCUT2D eigenvalue weighted by atomic mass is 9.93. The fourth-order valence-electron chi connectivity index (χ4n) is 3.62. The highest BCUT2D eigenvalue weighted by Crippen LogP contribution is 2.35. The van der Waals surface area contributed by atoms with Gasteiger partial charge in [-0.3, -0.25) is 4.79 Å². The molecule has 32 heavy (non-hydrogen) atoms. The number of hydrogen-bond acceptors (Lipinski definition) is 4. The van der Waals surface area contributed by atoms with Gasteiger partial charge in [0.1, 0.15) is 4.90 Å². The van der Waals surface area contributed by atoms with Crippen LogP contribution in [0.5, 0.6) is 0 Å². The average molecular weight is 459 g/mol. The van der Waals surface area contributed by atoms with Crippen molar-refractivity contribution < 1.29 is 0 Å². The monoisotopic (exact) mass is 458 g/mol. The summed E-state index contributed by atoms with van der Waals surface area (Å²) in [6.45, 7) is 0. The molecule has 0 aliphatic heterocycles. The summed E-state index contributed by atoms with van der Waals surface area (Å²) in [4.78, 5) is 19.2. The third kappa shape index (κ3) is 4.20. The Morgan fingerprint density at radius 3 is 2.56 bits per heavy atom. The molecule has 0 fully saturated rings. The zero-order chi connectivity index (χ0) is 21.9. The summed E-state index contributed by atoms with van der Waals surface area (Å²) in [6, 6.07) is 17.5. The maximum atomic E-state index is 13.5. The molecule has 2 heterocycles. The Labute approximate surface area is 194 Å². The van der Waals surface area contributed by atoms with Gasteiger partial charge in [-0.25, -0.2) is 4.98 Å². The third-order valence-corrected chi connectivity index (χ3v) is 6.66. The molecule has 5 nitrogen and oxygen atoms in total. The number of allylic oxidation sites excluding steroid dienone is 3. The van der Waals surface area contributed by atoms with E-state index < -0.39 is 0 Å². The standard InChI is InChI=1S/C25H19ClN4OS/c26-20-8-10-21(11-9-20)30-25(31)24(23(16-28-30)29-15-14-27-17-29)32-22-12-6-19(7-13-22)18-4-2-1-3-5-18/h1-6,8-17,19H,7H2. The number of nitrogens with zero attached hydrogens (tertiary/aromatic N) is 4. The van der Waals surface area contributed by atoms with Crippen LogP contribution in [0.3, 0.4) is 0 Å². The lowest BCUT2D eigenvalue weighted by Crippen LogP contribution is -2.24. The number of rotatable bonds is 5. The molecule has 0 spiro atoms. The Hall–Kier alpha value is -3.35. The number of aromatic nitrogens is 4. The van der Waals surface area contributed by atoms with Crippen LogP contribution < -0.4 is 5.56 Å². The number of hydrogen-bond donors (Lipinski definition) is 0. The van der Waals surface area contributed by atoms with E-state index in [0.29, 0.717) is 27.2 Å². The van der Waals surface area contributed by atoms with Gasteiger partial charge < -0.3 is 4.57 Å². The SMILES string of the molecule is O=c1c(SC2=CCC(c3ccccc3)C=C2)c(-n2ccnc2)cnn1-c1ccc(Cl)cc1. The van der Waals surface area contributed by atoms with E-state index in [1.165, 1.54) is 22.0 Å². The zero-order valence-electron chi connectivity index (χ0n) is 17.0. The van der Waals surface area contributed by atoms with Gasteiger partial charge in [0.25, 0.3) is 5.56 Å². The Morgan fingerprint density at radius 1 is 1.06 bits per heavy atom. The molecule has 1 atom stereocenters. The number of benzene rings is 2. The summed E-state index contributed by atoms with van der Waals surface area (Å²) < 4.78 is 3.21. The van der Waals surface area contributed by atoms with E-state index in [1.807, 2.05) is 16.8 Å². The van der Waals surface area contributed by atoms with Crippen LogP contribution in [0, 0.1) is 0 Å². The molecular formula is C25H19ClN4OS. The molecule has 158 valence electrons. The van der Waals surface area contributed by atoms with Gasteiger partial charge in [-0.05, 0) is 36.2 Å². The highest BCUT2D eigenvalue weighted by Gasteiger charge is 2.18. The summed E-state index contributed by atoms with van der Waals surface area (Å²) >= 11 is 7.46. The molecule has 5 rings (SSSR count). The van der Waals surface area contributed by atoms with Crippen molar-refractivity contribution >= 4 is 23.4 Å². The Morgan fingerprint density at radius 2 is 1.88 bits per heavy atom. The maximum Gasteiger partial charge on any atom is 0.287 e. The Bertz CT molecular complexity index is 1340. The summed E-state index contributed by atoms with van der Waals surface area (Å²) in [5.74, 6) is 0.344.